The summed E-state index contributed by atoms with van der Waals surface area (Å²) >= 11 is 0. The first-order chi connectivity index (χ1) is 12.5. The van der Waals surface area contributed by atoms with Gasteiger partial charge >= 0.3 is 0 Å². The first kappa shape index (κ1) is 22.2. The lowest BCUT2D eigenvalue weighted by Gasteiger charge is -2.22. The Bertz CT molecular complexity index is 801. The van der Waals surface area contributed by atoms with E-state index in [-0.39, 0.29) is 4.90 Å². The molecule has 0 radical (unpaired) electrons. The average molecular weight is 378 g/mol. The van der Waals surface area contributed by atoms with Crippen LogP contribution in [0.15, 0.2) is 52.3 Å². The van der Waals surface area contributed by atoms with Gasteiger partial charge in [-0.05, 0) is 73.7 Å². The summed E-state index contributed by atoms with van der Waals surface area (Å²) in [5.41, 5.74) is 6.96. The number of nitrogens with two attached hydrogens (primary N) is 1. The fourth-order valence-corrected chi connectivity index (χ4v) is 4.45. The van der Waals surface area contributed by atoms with E-state index in [1.54, 1.807) is 30.3 Å². The van der Waals surface area contributed by atoms with Crippen molar-refractivity contribution < 1.29 is 13.2 Å². The van der Waals surface area contributed by atoms with E-state index >= 15 is 0 Å². The van der Waals surface area contributed by atoms with Gasteiger partial charge in [-0.2, -0.15) is 0 Å². The van der Waals surface area contributed by atoms with Crippen LogP contribution in [0.1, 0.15) is 50.7 Å². The summed E-state index contributed by atoms with van der Waals surface area (Å²) in [4.78, 5) is 0.643. The summed E-state index contributed by atoms with van der Waals surface area (Å²) in [5, 5.41) is 0. The largest absolute Gasteiger partial charge is 0.497 e. The minimum Gasteiger partial charge on any atom is -0.497 e. The standard InChI is InChI=1S/C18H20O3S.C2H6.CH5N/c1-13-5-3-6-14-11-17(9-10-18(13)14)22(19,20)16-8-4-7-15(12-16)21-2;2*1-2/h4,7-13H,3,5-6H2,1-2H3;1-2H3;2H2,1H3. The van der Waals surface area contributed by atoms with Crippen LogP contribution >= 0.6 is 0 Å². The molecule has 0 aliphatic heterocycles. The number of hydrogen-bond acceptors (Lipinski definition) is 4. The fourth-order valence-electron chi connectivity index (χ4n) is 3.11. The van der Waals surface area contributed by atoms with Crippen LogP contribution in [0, 0.1) is 0 Å². The summed E-state index contributed by atoms with van der Waals surface area (Å²) in [5.74, 6) is 1.06. The third kappa shape index (κ3) is 4.86. The normalized spacial score (nSPS) is 15.5. The maximum absolute atomic E-state index is 12.8. The predicted octanol–water partition coefficient (Wildman–Crippen LogP) is 4.57. The molecule has 0 amide bonds. The van der Waals surface area contributed by atoms with E-state index in [1.165, 1.54) is 31.7 Å². The number of methoxy groups -OCH3 is 1. The highest BCUT2D eigenvalue weighted by molar-refractivity contribution is 7.91. The lowest BCUT2D eigenvalue weighted by molar-refractivity contribution is 0.413. The molecule has 144 valence electrons. The van der Waals surface area contributed by atoms with Crippen LogP contribution in [0.3, 0.4) is 0 Å². The van der Waals surface area contributed by atoms with Crippen LogP contribution in [0.5, 0.6) is 5.75 Å². The summed E-state index contributed by atoms with van der Waals surface area (Å²) in [6.07, 6.45) is 3.26. The molecule has 1 atom stereocenters. The maximum Gasteiger partial charge on any atom is 0.206 e. The Morgan fingerprint density at radius 2 is 1.69 bits per heavy atom. The lowest BCUT2D eigenvalue weighted by atomic mass is 9.84. The molecule has 0 saturated carbocycles. The Morgan fingerprint density at radius 1 is 1.04 bits per heavy atom. The van der Waals surface area contributed by atoms with Crippen molar-refractivity contribution in [2.45, 2.75) is 55.7 Å². The van der Waals surface area contributed by atoms with Gasteiger partial charge in [0, 0.05) is 0 Å². The van der Waals surface area contributed by atoms with Crippen molar-refractivity contribution in [2.24, 2.45) is 5.73 Å². The van der Waals surface area contributed by atoms with Crippen molar-refractivity contribution in [3.8, 4) is 5.75 Å². The lowest BCUT2D eigenvalue weighted by Crippen LogP contribution is -2.09. The Balaban J connectivity index is 0.000000791. The van der Waals surface area contributed by atoms with Gasteiger partial charge in [0.1, 0.15) is 5.75 Å². The number of aryl methyl sites for hydroxylation is 1. The molecule has 4 nitrogen and oxygen atoms in total. The molecule has 0 heterocycles. The molecule has 0 aromatic heterocycles. The average Bonchev–Trinajstić information content (AvgIpc) is 2.71. The highest BCUT2D eigenvalue weighted by Gasteiger charge is 2.22. The monoisotopic (exact) mass is 377 g/mol. The zero-order chi connectivity index (χ0) is 19.7. The summed E-state index contributed by atoms with van der Waals surface area (Å²) in [6, 6.07) is 12.2. The highest BCUT2D eigenvalue weighted by atomic mass is 32.2. The van der Waals surface area contributed by atoms with Gasteiger partial charge in [-0.15, -0.1) is 0 Å². The van der Waals surface area contributed by atoms with Crippen LogP contribution < -0.4 is 10.5 Å². The Kier molecular flexibility index (Phi) is 8.82. The van der Waals surface area contributed by atoms with Crippen molar-refractivity contribution in [1.29, 1.82) is 0 Å². The molecule has 2 aromatic carbocycles. The number of benzene rings is 2. The minimum atomic E-state index is -3.50. The number of hydrogen-bond donors (Lipinski definition) is 1. The number of ether oxygens (including phenoxy) is 1. The van der Waals surface area contributed by atoms with Crippen molar-refractivity contribution in [3.63, 3.8) is 0 Å². The molecule has 0 fully saturated rings. The molecule has 3 rings (SSSR count). The molecule has 2 aromatic rings. The van der Waals surface area contributed by atoms with Crippen molar-refractivity contribution in [2.75, 3.05) is 14.2 Å². The van der Waals surface area contributed by atoms with Crippen molar-refractivity contribution in [3.05, 3.63) is 53.6 Å². The third-order valence-electron chi connectivity index (χ3n) is 4.39. The minimum absolute atomic E-state index is 0.274. The fraction of sp³-hybridized carbons (Fsp3) is 0.429. The Morgan fingerprint density at radius 3 is 2.35 bits per heavy atom. The molecular formula is C21H31NO3S. The Hall–Kier alpha value is -1.85. The van der Waals surface area contributed by atoms with E-state index < -0.39 is 9.84 Å². The number of sulfone groups is 1. The maximum atomic E-state index is 12.8. The predicted molar refractivity (Wildman–Crippen MR) is 108 cm³/mol. The van der Waals surface area contributed by atoms with Gasteiger partial charge in [0.05, 0.1) is 16.9 Å². The van der Waals surface area contributed by atoms with Gasteiger partial charge in [0.15, 0.2) is 0 Å². The van der Waals surface area contributed by atoms with Crippen LogP contribution in [-0.4, -0.2) is 22.6 Å². The van der Waals surface area contributed by atoms with E-state index in [9.17, 15) is 8.42 Å². The zero-order valence-corrected chi connectivity index (χ0v) is 17.3. The quantitative estimate of drug-likeness (QED) is 0.851. The molecule has 1 unspecified atom stereocenters. The van der Waals surface area contributed by atoms with Gasteiger partial charge in [-0.3, -0.25) is 0 Å². The summed E-state index contributed by atoms with van der Waals surface area (Å²) in [7, 11) is -0.469. The zero-order valence-electron chi connectivity index (χ0n) is 16.5. The van der Waals surface area contributed by atoms with Gasteiger partial charge in [-0.1, -0.05) is 32.9 Å². The number of rotatable bonds is 3. The van der Waals surface area contributed by atoms with Crippen LogP contribution in [-0.2, 0) is 16.3 Å². The van der Waals surface area contributed by atoms with Crippen molar-refractivity contribution >= 4 is 9.84 Å². The van der Waals surface area contributed by atoms with E-state index in [4.69, 9.17) is 4.74 Å². The highest BCUT2D eigenvalue weighted by Crippen LogP contribution is 2.34. The van der Waals surface area contributed by atoms with E-state index in [2.05, 4.69) is 12.7 Å². The molecule has 0 bridgehead atoms. The second-order valence-corrected chi connectivity index (χ2v) is 7.79. The topological polar surface area (TPSA) is 69.4 Å². The number of fused-ring (bicyclic) bond motifs is 1. The first-order valence-electron chi connectivity index (χ1n) is 9.12. The van der Waals surface area contributed by atoms with E-state index in [0.29, 0.717) is 16.6 Å². The van der Waals surface area contributed by atoms with Gasteiger partial charge in [-0.25, -0.2) is 8.42 Å². The molecule has 1 aliphatic carbocycles. The van der Waals surface area contributed by atoms with Crippen LogP contribution in [0.4, 0.5) is 0 Å². The molecule has 2 N–H and O–H groups in total. The molecule has 0 saturated heterocycles. The summed E-state index contributed by atoms with van der Waals surface area (Å²) < 4.78 is 30.8. The molecule has 1 aliphatic rings. The Labute approximate surface area is 158 Å². The molecular weight excluding hydrogens is 346 g/mol. The SMILES string of the molecule is CC.CN.COc1cccc(S(=O)(=O)c2ccc3c(c2)CCCC3C)c1. The van der Waals surface area contributed by atoms with Crippen LogP contribution in [0.25, 0.3) is 0 Å². The van der Waals surface area contributed by atoms with Gasteiger partial charge in [0.25, 0.3) is 0 Å². The molecule has 5 heteroatoms. The van der Waals surface area contributed by atoms with Crippen molar-refractivity contribution in [1.82, 2.24) is 0 Å². The molecule has 26 heavy (non-hydrogen) atoms. The van der Waals surface area contributed by atoms with E-state index in [1.807, 2.05) is 26.0 Å². The smallest absolute Gasteiger partial charge is 0.206 e. The van der Waals surface area contributed by atoms with Gasteiger partial charge < -0.3 is 10.5 Å². The third-order valence-corrected chi connectivity index (χ3v) is 6.14. The molecule has 0 spiro atoms. The second kappa shape index (κ2) is 10.3. The summed E-state index contributed by atoms with van der Waals surface area (Å²) in [6.45, 7) is 6.20. The van der Waals surface area contributed by atoms with E-state index in [0.717, 1.165) is 12.8 Å². The van der Waals surface area contributed by atoms with Gasteiger partial charge in [0.2, 0.25) is 9.84 Å². The van der Waals surface area contributed by atoms with Crippen LogP contribution in [0.2, 0.25) is 0 Å². The second-order valence-electron chi connectivity index (χ2n) is 5.84. The first-order valence-corrected chi connectivity index (χ1v) is 10.6.